The fourth-order valence-corrected chi connectivity index (χ4v) is 11.1. The Bertz CT molecular complexity index is 3150. The zero-order valence-corrected chi connectivity index (χ0v) is 41.0. The van der Waals surface area contributed by atoms with E-state index in [-0.39, 0.29) is 35.7 Å². The van der Waals surface area contributed by atoms with Crippen LogP contribution in [0.2, 0.25) is 0 Å². The number of thiazole rings is 1. The number of methoxy groups -OCH3 is 2. The molecule has 2 fully saturated rings. The number of nitrogens with zero attached hydrogens (tertiary/aromatic N) is 5. The number of imidazole rings is 2. The molecule has 2 aromatic carbocycles. The van der Waals surface area contributed by atoms with Crippen molar-refractivity contribution in [1.82, 2.24) is 44.9 Å². The first-order chi connectivity index (χ1) is 34.3. The molecule has 0 radical (unpaired) electrons. The fraction of sp³-hybridized carbons (Fsp3) is 0.373. The van der Waals surface area contributed by atoms with Crippen LogP contribution in [0.1, 0.15) is 88.2 Å². The summed E-state index contributed by atoms with van der Waals surface area (Å²) in [4.78, 5) is 79.0. The second kappa shape index (κ2) is 19.3. The van der Waals surface area contributed by atoms with Crippen molar-refractivity contribution >= 4 is 46.2 Å². The number of pyridine rings is 1. The number of fused-ring (bicyclic) bond motifs is 5. The molecule has 2 saturated heterocycles. The van der Waals surface area contributed by atoms with E-state index in [1.807, 2.05) is 79.8 Å². The summed E-state index contributed by atoms with van der Waals surface area (Å²) < 4.78 is 35.5. The largest absolute Gasteiger partial charge is 0.464 e. The first kappa shape index (κ1) is 47.1. The van der Waals surface area contributed by atoms with Gasteiger partial charge < -0.3 is 34.6 Å². The predicted molar refractivity (Wildman–Crippen MR) is 260 cm³/mol. The number of nitrogens with one attached hydrogen (secondary N) is 6. The van der Waals surface area contributed by atoms with Crippen LogP contribution in [-0.2, 0) is 19.1 Å². The molecule has 0 bridgehead atoms. The average molecular weight is 986 g/mol. The van der Waals surface area contributed by atoms with E-state index in [1.165, 1.54) is 31.6 Å². The third kappa shape index (κ3) is 8.84. The number of halogens is 1. The van der Waals surface area contributed by atoms with Gasteiger partial charge in [-0.05, 0) is 86.1 Å². The topological polar surface area (TPSA) is 217 Å². The Labute approximate surface area is 412 Å². The minimum Gasteiger partial charge on any atom is -0.464 e. The van der Waals surface area contributed by atoms with E-state index in [1.54, 1.807) is 29.7 Å². The van der Waals surface area contributed by atoms with Crippen LogP contribution >= 0.6 is 11.3 Å². The molecule has 0 saturated carbocycles. The monoisotopic (exact) mass is 985 g/mol. The molecule has 20 heteroatoms. The van der Waals surface area contributed by atoms with E-state index in [9.17, 15) is 19.2 Å². The Morgan fingerprint density at radius 1 is 0.789 bits per heavy atom. The molecule has 368 valence electrons. The Hall–Kier alpha value is -7.61. The van der Waals surface area contributed by atoms with Crippen molar-refractivity contribution < 1.29 is 47.7 Å². The van der Waals surface area contributed by atoms with Gasteiger partial charge in [-0.3, -0.25) is 19.1 Å². The number of hydrogen-bond donors (Lipinski definition) is 4. The lowest BCUT2D eigenvalue weighted by atomic mass is 10.0. The molecule has 3 aliphatic heterocycles. The van der Waals surface area contributed by atoms with E-state index in [0.29, 0.717) is 53.6 Å². The summed E-state index contributed by atoms with van der Waals surface area (Å²) in [6, 6.07) is 13.1. The average Bonchev–Trinajstić information content (AvgIpc) is 4.24. The highest BCUT2D eigenvalue weighted by molar-refractivity contribution is 7.15. The van der Waals surface area contributed by atoms with Gasteiger partial charge in [-0.1, -0.05) is 27.7 Å². The number of ether oxygens (including phenoxy) is 3. The number of amides is 4. The number of aromatic amines is 4. The summed E-state index contributed by atoms with van der Waals surface area (Å²) >= 11 is 1.48. The highest BCUT2D eigenvalue weighted by atomic mass is 32.1. The number of aromatic nitrogens is 7. The van der Waals surface area contributed by atoms with Gasteiger partial charge in [-0.2, -0.15) is 0 Å². The summed E-state index contributed by atoms with van der Waals surface area (Å²) in [7, 11) is 2.55. The Morgan fingerprint density at radius 2 is 1.38 bits per heavy atom. The van der Waals surface area contributed by atoms with Crippen LogP contribution in [0, 0.1) is 17.7 Å². The third-order valence-corrected chi connectivity index (χ3v) is 14.8. The maximum atomic E-state index is 17.0. The minimum atomic E-state index is -0.770. The number of H-pyrrole nitrogens is 4. The van der Waals surface area contributed by atoms with Gasteiger partial charge in [0.05, 0.1) is 35.9 Å². The molecule has 1 unspecified atom stereocenters. The van der Waals surface area contributed by atoms with Crippen LogP contribution in [0.3, 0.4) is 0 Å². The van der Waals surface area contributed by atoms with Crippen LogP contribution in [0.15, 0.2) is 79.5 Å². The van der Waals surface area contributed by atoms with Gasteiger partial charge in [0.1, 0.15) is 53.1 Å². The van der Waals surface area contributed by atoms with E-state index in [2.05, 4.69) is 41.6 Å². The Kier molecular flexibility index (Phi) is 12.8. The zero-order valence-electron chi connectivity index (χ0n) is 40.2. The van der Waals surface area contributed by atoms with Crippen molar-refractivity contribution in [2.75, 3.05) is 27.3 Å². The molecule has 71 heavy (non-hydrogen) atoms. The van der Waals surface area contributed by atoms with Gasteiger partial charge in [0.25, 0.3) is 11.6 Å². The van der Waals surface area contributed by atoms with Gasteiger partial charge in [-0.25, -0.2) is 38.9 Å². The number of carbonyl (C=O) groups excluding carboxylic acids is 4. The number of benzene rings is 2. The van der Waals surface area contributed by atoms with Crippen LogP contribution in [0.4, 0.5) is 14.0 Å². The molecule has 3 aliphatic rings. The molecular weight excluding hydrogens is 930 g/mol. The van der Waals surface area contributed by atoms with E-state index in [0.717, 1.165) is 62.7 Å². The quantitative estimate of drug-likeness (QED) is 0.0946. The molecule has 0 aliphatic carbocycles. The first-order valence-electron chi connectivity index (χ1n) is 23.8. The highest BCUT2D eigenvalue weighted by Crippen LogP contribution is 2.48. The van der Waals surface area contributed by atoms with Crippen LogP contribution in [-0.4, -0.2) is 97.7 Å². The molecule has 5 atom stereocenters. The normalized spacial score (nSPS) is 18.3. The van der Waals surface area contributed by atoms with Gasteiger partial charge in [0.2, 0.25) is 18.0 Å². The summed E-state index contributed by atoms with van der Waals surface area (Å²) in [6.45, 7) is 8.59. The van der Waals surface area contributed by atoms with Gasteiger partial charge in [-0.15, -0.1) is 11.3 Å². The number of alkyl carbamates (subject to hydrolysis) is 2. The molecule has 10 rings (SSSR count). The Morgan fingerprint density at radius 3 is 1.96 bits per heavy atom. The lowest BCUT2D eigenvalue weighted by molar-refractivity contribution is -0.393. The van der Waals surface area contributed by atoms with Crippen molar-refractivity contribution in [2.45, 2.75) is 83.8 Å². The summed E-state index contributed by atoms with van der Waals surface area (Å²) in [6.07, 6.45) is 9.87. The zero-order chi connectivity index (χ0) is 49.7. The van der Waals surface area contributed by atoms with Crippen LogP contribution in [0.5, 0.6) is 5.75 Å². The molecule has 0 spiro atoms. The number of carbonyl (C=O) groups is 4. The maximum Gasteiger partial charge on any atom is 0.407 e. The Balaban J connectivity index is 0.983. The van der Waals surface area contributed by atoms with Gasteiger partial charge in [0, 0.05) is 53.8 Å². The van der Waals surface area contributed by atoms with Crippen molar-refractivity contribution in [3.8, 4) is 50.1 Å². The lowest BCUT2D eigenvalue weighted by Gasteiger charge is -2.29. The second-order valence-corrected chi connectivity index (χ2v) is 19.9. The van der Waals surface area contributed by atoms with E-state index < -0.39 is 36.3 Å². The number of likely N-dealkylation sites (tertiary alicyclic amines) is 2. The molecule has 7 aromatic rings. The summed E-state index contributed by atoms with van der Waals surface area (Å²) in [5, 5.41) is 7.05. The predicted octanol–water partition coefficient (Wildman–Crippen LogP) is 7.61. The van der Waals surface area contributed by atoms with Gasteiger partial charge >= 0.3 is 12.2 Å². The molecular formula is C51H56FN11O7S+2. The first-order valence-corrected chi connectivity index (χ1v) is 24.7. The van der Waals surface area contributed by atoms with Crippen LogP contribution in [0.25, 0.3) is 55.2 Å². The highest BCUT2D eigenvalue weighted by Gasteiger charge is 2.42. The maximum absolute atomic E-state index is 17.0. The minimum absolute atomic E-state index is 0.152. The molecule has 8 heterocycles. The number of hydrogen-bond acceptors (Lipinski definition) is 10. The molecule has 18 nitrogen and oxygen atoms in total. The SMILES string of the molecule is COC(=O)N[C@H](C(=O)N1CCC[C@H]1c1[nH]c(-c2cc(F)c3c(c2)OC(c2cnc(-c4ccncc4)s2)n2c-3cc3cc(-c4c[nH+]c([C@@H]5CCCN5C(=O)[C@@H](NC(=O)OC)C(C)C)[nH]4)ccc32)c[nH+]1)C(C)C. The van der Waals surface area contributed by atoms with Gasteiger partial charge in [0.15, 0.2) is 11.4 Å². The van der Waals surface area contributed by atoms with E-state index in [4.69, 9.17) is 19.2 Å². The lowest BCUT2D eigenvalue weighted by Crippen LogP contribution is -2.51. The van der Waals surface area contributed by atoms with Crippen molar-refractivity contribution in [2.24, 2.45) is 11.8 Å². The molecule has 5 aromatic heterocycles. The second-order valence-electron chi connectivity index (χ2n) is 18.9. The van der Waals surface area contributed by atoms with Crippen molar-refractivity contribution in [3.05, 3.63) is 102 Å². The van der Waals surface area contributed by atoms with Crippen LogP contribution < -0.4 is 25.3 Å². The molecule has 6 N–H and O–H groups in total. The number of rotatable bonds is 12. The van der Waals surface area contributed by atoms with Crippen molar-refractivity contribution in [3.63, 3.8) is 0 Å². The molecule has 4 amide bonds. The summed E-state index contributed by atoms with van der Waals surface area (Å²) in [5.41, 5.74) is 5.50. The standard InChI is InChI=1S/C51H54FN11O7S/c1-26(2)42(59-50(66)68-5)47(64)61-17-7-9-36(61)44-54-23-33(57-44)29-11-12-35-31(19-29)21-38-41-32(52)20-30(22-39(41)70-49(63(35)38)40-25-56-46(71-40)28-13-15-53-16-14-28)34-24-55-45(58-34)37-10-8-18-62(37)48(65)43(27(3)4)60-51(67)69-6/h11-16,19-27,36-37,42-43,49H,7-10,17-18H2,1-6H3,(H,54,57)(H,55,58)(H,59,66)(H,60,67)/p+2/t36-,37-,42-,43-,49?/m0/s1. The fourth-order valence-electron chi connectivity index (χ4n) is 10.1. The third-order valence-electron chi connectivity index (χ3n) is 13.7. The van der Waals surface area contributed by atoms with Crippen molar-refractivity contribution in [1.29, 1.82) is 0 Å². The smallest absolute Gasteiger partial charge is 0.407 e. The van der Waals surface area contributed by atoms with E-state index >= 15 is 4.39 Å². The summed E-state index contributed by atoms with van der Waals surface area (Å²) in [5.74, 6) is 0.614.